The summed E-state index contributed by atoms with van der Waals surface area (Å²) in [6.07, 6.45) is 7.80. The summed E-state index contributed by atoms with van der Waals surface area (Å²) in [6.45, 7) is 3.76. The number of rotatable bonds is 8. The molecule has 0 aliphatic heterocycles. The van der Waals surface area contributed by atoms with Gasteiger partial charge in [-0.3, -0.25) is 0 Å². The van der Waals surface area contributed by atoms with Gasteiger partial charge in [-0.15, -0.1) is 0 Å². The molecule has 2 radical (unpaired) electrons. The maximum absolute atomic E-state index is 10.0. The normalized spacial score (nSPS) is 10.1. The Morgan fingerprint density at radius 1 is 0.917 bits per heavy atom. The van der Waals surface area contributed by atoms with E-state index >= 15 is 0 Å². The molecule has 0 saturated heterocycles. The fraction of sp³-hybridized carbons (Fsp3) is 0.800. The molecule has 0 N–H and O–H groups in total. The number of hydrogen-bond donors (Lipinski definition) is 0. The first-order valence-corrected chi connectivity index (χ1v) is 4.76. The van der Waals surface area contributed by atoms with Crippen molar-refractivity contribution in [3.63, 3.8) is 0 Å². The fourth-order valence-corrected chi connectivity index (χ4v) is 1.15. The summed E-state index contributed by atoms with van der Waals surface area (Å²) in [5.74, 6) is -0.923. The molecule has 0 rings (SSSR count). The lowest BCUT2D eigenvalue weighted by atomic mass is 10.1. The van der Waals surface area contributed by atoms with Crippen LogP contribution in [0, 0.1) is 6.92 Å². The van der Waals surface area contributed by atoms with Crippen molar-refractivity contribution in [1.82, 2.24) is 0 Å². The van der Waals surface area contributed by atoms with Crippen LogP contribution in [-0.4, -0.2) is 5.97 Å². The Morgan fingerprint density at radius 2 is 1.42 bits per heavy atom. The van der Waals surface area contributed by atoms with Crippen LogP contribution in [0.15, 0.2) is 0 Å². The van der Waals surface area contributed by atoms with Crippen molar-refractivity contribution in [3.05, 3.63) is 6.92 Å². The molecular formula is C10H18O2. The molecule has 0 amide bonds. The SMILES string of the molecule is [CH2]CCCCCCCCC([O])=O. The van der Waals surface area contributed by atoms with Gasteiger partial charge in [-0.05, 0) is 6.42 Å². The van der Waals surface area contributed by atoms with Crippen LogP contribution in [-0.2, 0) is 9.90 Å². The number of carbonyl (C=O) groups is 1. The zero-order valence-electron chi connectivity index (χ0n) is 7.68. The highest BCUT2D eigenvalue weighted by Crippen LogP contribution is 2.07. The molecule has 0 aliphatic rings. The van der Waals surface area contributed by atoms with Crippen molar-refractivity contribution in [2.75, 3.05) is 0 Å². The van der Waals surface area contributed by atoms with E-state index in [0.29, 0.717) is 0 Å². The minimum Gasteiger partial charge on any atom is -0.247 e. The van der Waals surface area contributed by atoms with E-state index in [4.69, 9.17) is 0 Å². The van der Waals surface area contributed by atoms with Gasteiger partial charge >= 0.3 is 5.97 Å². The topological polar surface area (TPSA) is 37.0 Å². The molecule has 0 aromatic carbocycles. The average molecular weight is 170 g/mol. The predicted molar refractivity (Wildman–Crippen MR) is 48.0 cm³/mol. The maximum atomic E-state index is 10.0. The highest BCUT2D eigenvalue weighted by Gasteiger charge is 1.97. The van der Waals surface area contributed by atoms with Crippen LogP contribution < -0.4 is 0 Å². The first kappa shape index (κ1) is 11.5. The summed E-state index contributed by atoms with van der Waals surface area (Å²) >= 11 is 0. The lowest BCUT2D eigenvalue weighted by Crippen LogP contribution is -1.91. The van der Waals surface area contributed by atoms with Crippen LogP contribution in [0.2, 0.25) is 0 Å². The first-order chi connectivity index (χ1) is 5.77. The third-order valence-electron chi connectivity index (χ3n) is 1.88. The van der Waals surface area contributed by atoms with E-state index in [-0.39, 0.29) is 6.42 Å². The van der Waals surface area contributed by atoms with Crippen molar-refractivity contribution in [2.24, 2.45) is 0 Å². The van der Waals surface area contributed by atoms with Crippen molar-refractivity contribution in [2.45, 2.75) is 51.4 Å². The van der Waals surface area contributed by atoms with E-state index in [1.54, 1.807) is 0 Å². The monoisotopic (exact) mass is 170 g/mol. The van der Waals surface area contributed by atoms with Crippen LogP contribution in [0.4, 0.5) is 0 Å². The standard InChI is InChI=1S/C10H18O2/c1-2-3-4-5-6-7-8-9-10(11)12/h1-9H2. The van der Waals surface area contributed by atoms with Gasteiger partial charge in [0.05, 0.1) is 6.42 Å². The van der Waals surface area contributed by atoms with E-state index in [0.717, 1.165) is 25.7 Å². The lowest BCUT2D eigenvalue weighted by molar-refractivity contribution is -0.143. The molecule has 0 aromatic rings. The van der Waals surface area contributed by atoms with Gasteiger partial charge < -0.3 is 0 Å². The Balaban J connectivity index is 2.86. The number of carbonyl (C=O) groups excluding carboxylic acids is 1. The third-order valence-corrected chi connectivity index (χ3v) is 1.88. The molecule has 0 unspecified atom stereocenters. The van der Waals surface area contributed by atoms with E-state index in [1.807, 2.05) is 0 Å². The van der Waals surface area contributed by atoms with E-state index < -0.39 is 5.97 Å². The zero-order valence-corrected chi connectivity index (χ0v) is 7.68. The van der Waals surface area contributed by atoms with Crippen molar-refractivity contribution < 1.29 is 9.90 Å². The smallest absolute Gasteiger partial charge is 0.247 e. The molecule has 0 saturated carbocycles. The first-order valence-electron chi connectivity index (χ1n) is 4.76. The van der Waals surface area contributed by atoms with Gasteiger partial charge in [0.15, 0.2) is 0 Å². The summed E-state index contributed by atoms with van der Waals surface area (Å²) < 4.78 is 0. The van der Waals surface area contributed by atoms with Crippen molar-refractivity contribution >= 4 is 5.97 Å². The van der Waals surface area contributed by atoms with Gasteiger partial charge in [0, 0.05) is 0 Å². The molecular weight excluding hydrogens is 152 g/mol. The van der Waals surface area contributed by atoms with Gasteiger partial charge in [-0.1, -0.05) is 45.4 Å². The molecule has 0 aliphatic carbocycles. The Morgan fingerprint density at radius 3 is 1.92 bits per heavy atom. The van der Waals surface area contributed by atoms with Gasteiger partial charge in [0.1, 0.15) is 0 Å². The Kier molecular flexibility index (Phi) is 8.19. The maximum Gasteiger partial charge on any atom is 0.355 e. The lowest BCUT2D eigenvalue weighted by Gasteiger charge is -1.97. The van der Waals surface area contributed by atoms with E-state index in [2.05, 4.69) is 6.92 Å². The molecule has 2 heteroatoms. The molecule has 0 fully saturated rings. The second-order valence-corrected chi connectivity index (χ2v) is 3.10. The molecule has 70 valence electrons. The molecule has 12 heavy (non-hydrogen) atoms. The van der Waals surface area contributed by atoms with Crippen molar-refractivity contribution in [3.8, 4) is 0 Å². The molecule has 0 bridgehead atoms. The van der Waals surface area contributed by atoms with Crippen LogP contribution in [0.25, 0.3) is 0 Å². The second-order valence-electron chi connectivity index (χ2n) is 3.10. The molecule has 0 atom stereocenters. The molecule has 2 nitrogen and oxygen atoms in total. The summed E-state index contributed by atoms with van der Waals surface area (Å²) in [6, 6.07) is 0. The quantitative estimate of drug-likeness (QED) is 0.516. The summed E-state index contributed by atoms with van der Waals surface area (Å²) in [4.78, 5) is 10.0. The summed E-state index contributed by atoms with van der Waals surface area (Å²) in [5, 5.41) is 10.0. The predicted octanol–water partition coefficient (Wildman–Crippen LogP) is 2.90. The van der Waals surface area contributed by atoms with Crippen LogP contribution in [0.1, 0.15) is 51.4 Å². The van der Waals surface area contributed by atoms with Crippen molar-refractivity contribution in [1.29, 1.82) is 0 Å². The van der Waals surface area contributed by atoms with Crippen LogP contribution in [0.3, 0.4) is 0 Å². The number of hydrogen-bond acceptors (Lipinski definition) is 1. The van der Waals surface area contributed by atoms with Crippen LogP contribution in [0.5, 0.6) is 0 Å². The largest absolute Gasteiger partial charge is 0.355 e. The Labute approximate surface area is 75.0 Å². The van der Waals surface area contributed by atoms with Gasteiger partial charge in [0.25, 0.3) is 0 Å². The highest BCUT2D eigenvalue weighted by molar-refractivity contribution is 5.66. The van der Waals surface area contributed by atoms with Gasteiger partial charge in [-0.2, -0.15) is 0 Å². The minimum absolute atomic E-state index is 0.218. The zero-order chi connectivity index (χ0) is 9.23. The Bertz CT molecular complexity index is 110. The van der Waals surface area contributed by atoms with Gasteiger partial charge in [-0.25, -0.2) is 9.90 Å². The Hall–Kier alpha value is -0.530. The summed E-state index contributed by atoms with van der Waals surface area (Å²) in [7, 11) is 0. The van der Waals surface area contributed by atoms with E-state index in [1.165, 1.54) is 19.3 Å². The second kappa shape index (κ2) is 8.57. The van der Waals surface area contributed by atoms with Gasteiger partial charge in [0.2, 0.25) is 0 Å². The fourth-order valence-electron chi connectivity index (χ4n) is 1.15. The molecule has 0 aromatic heterocycles. The minimum atomic E-state index is -0.923. The molecule has 0 spiro atoms. The van der Waals surface area contributed by atoms with E-state index in [9.17, 15) is 9.90 Å². The summed E-state index contributed by atoms with van der Waals surface area (Å²) in [5.41, 5.74) is 0. The molecule has 0 heterocycles. The highest BCUT2D eigenvalue weighted by atomic mass is 16.4. The average Bonchev–Trinajstić information content (AvgIpc) is 2.02. The number of unbranched alkanes of at least 4 members (excludes halogenated alkanes) is 6. The van der Waals surface area contributed by atoms with Crippen LogP contribution >= 0.6 is 0 Å². The third kappa shape index (κ3) is 9.47.